The fourth-order valence-electron chi connectivity index (χ4n) is 0.893. The molecule has 0 saturated heterocycles. The Morgan fingerprint density at radius 3 is 2.92 bits per heavy atom. The van der Waals surface area contributed by atoms with E-state index in [-0.39, 0.29) is 5.56 Å². The minimum Gasteiger partial charge on any atom is -0.289 e. The minimum absolute atomic E-state index is 0.0381. The van der Waals surface area contributed by atoms with E-state index >= 15 is 0 Å². The molecule has 0 aromatic carbocycles. The van der Waals surface area contributed by atoms with Gasteiger partial charge in [0.15, 0.2) is 0 Å². The second kappa shape index (κ2) is 4.30. The Morgan fingerprint density at radius 2 is 2.42 bits per heavy atom. The molecular weight excluding hydrogens is 172 g/mol. The Labute approximate surface area is 75.8 Å². The van der Waals surface area contributed by atoms with Gasteiger partial charge in [-0.2, -0.15) is 0 Å². The number of hydrogen-bond acceptors (Lipinski definition) is 3. The maximum atomic E-state index is 11.3. The first-order valence-electron chi connectivity index (χ1n) is 3.82. The van der Waals surface area contributed by atoms with Crippen LogP contribution in [0.15, 0.2) is 17.2 Å². The van der Waals surface area contributed by atoms with Crippen molar-refractivity contribution in [1.82, 2.24) is 9.55 Å². The highest BCUT2D eigenvalue weighted by atomic mass is 32.2. The largest absolute Gasteiger partial charge is 0.289 e. The number of thioether (sulfide) groups is 1. The molecule has 0 aliphatic heterocycles. The average molecular weight is 184 g/mol. The van der Waals surface area contributed by atoms with E-state index in [0.717, 1.165) is 12.1 Å². The second-order valence-corrected chi connectivity index (χ2v) is 3.30. The third-order valence-corrected chi connectivity index (χ3v) is 2.10. The van der Waals surface area contributed by atoms with Gasteiger partial charge in [0.05, 0.1) is 12.2 Å². The first-order chi connectivity index (χ1) is 5.77. The van der Waals surface area contributed by atoms with Crippen LogP contribution in [0.1, 0.15) is 12.6 Å². The van der Waals surface area contributed by atoms with Crippen molar-refractivity contribution < 1.29 is 0 Å². The highest BCUT2D eigenvalue weighted by Crippen LogP contribution is 1.96. The Hall–Kier alpha value is -0.770. The van der Waals surface area contributed by atoms with E-state index in [4.69, 9.17) is 0 Å². The lowest BCUT2D eigenvalue weighted by Crippen LogP contribution is -2.19. The summed E-state index contributed by atoms with van der Waals surface area (Å²) in [4.78, 5) is 15.4. The topological polar surface area (TPSA) is 34.9 Å². The lowest BCUT2D eigenvalue weighted by molar-refractivity contribution is 0.788. The molecule has 12 heavy (non-hydrogen) atoms. The average Bonchev–Trinajstić information content (AvgIpc) is 2.09. The van der Waals surface area contributed by atoms with Crippen LogP contribution in [0, 0.1) is 0 Å². The van der Waals surface area contributed by atoms with Crippen molar-refractivity contribution in [2.75, 3.05) is 6.26 Å². The van der Waals surface area contributed by atoms with Gasteiger partial charge in [0.25, 0.3) is 5.56 Å². The summed E-state index contributed by atoms with van der Waals surface area (Å²) in [6.07, 6.45) is 4.38. The van der Waals surface area contributed by atoms with Crippen LogP contribution in [0.2, 0.25) is 0 Å². The monoisotopic (exact) mass is 184 g/mol. The Kier molecular flexibility index (Phi) is 3.34. The maximum absolute atomic E-state index is 11.3. The van der Waals surface area contributed by atoms with E-state index in [0.29, 0.717) is 5.88 Å². The van der Waals surface area contributed by atoms with E-state index in [1.54, 1.807) is 28.7 Å². The fraction of sp³-hybridized carbons (Fsp3) is 0.500. The molecule has 0 fully saturated rings. The van der Waals surface area contributed by atoms with Crippen LogP contribution in [0.3, 0.4) is 0 Å². The Morgan fingerprint density at radius 1 is 1.67 bits per heavy atom. The molecule has 3 nitrogen and oxygen atoms in total. The van der Waals surface area contributed by atoms with E-state index < -0.39 is 0 Å². The first-order valence-corrected chi connectivity index (χ1v) is 5.21. The summed E-state index contributed by atoms with van der Waals surface area (Å²) >= 11 is 1.61. The molecule has 0 N–H and O–H groups in total. The summed E-state index contributed by atoms with van der Waals surface area (Å²) in [5.41, 5.74) is 0.897. The van der Waals surface area contributed by atoms with Gasteiger partial charge in [0, 0.05) is 11.8 Å². The van der Waals surface area contributed by atoms with Gasteiger partial charge in [-0.3, -0.25) is 9.36 Å². The summed E-state index contributed by atoms with van der Waals surface area (Å²) in [6.45, 7) is 1.99. The smallest absolute Gasteiger partial charge is 0.254 e. The van der Waals surface area contributed by atoms with E-state index in [1.165, 1.54) is 0 Å². The van der Waals surface area contributed by atoms with Crippen molar-refractivity contribution in [3.05, 3.63) is 28.4 Å². The summed E-state index contributed by atoms with van der Waals surface area (Å²) in [5.74, 6) is 0.676. The van der Waals surface area contributed by atoms with Crippen molar-refractivity contribution in [2.45, 2.75) is 19.2 Å². The molecule has 0 spiro atoms. The zero-order valence-corrected chi connectivity index (χ0v) is 8.10. The number of nitrogens with zero attached hydrogens (tertiary/aromatic N) is 2. The molecule has 0 bridgehead atoms. The van der Waals surface area contributed by atoms with Crippen LogP contribution in [-0.4, -0.2) is 15.8 Å². The molecule has 4 heteroatoms. The summed E-state index contributed by atoms with van der Waals surface area (Å²) < 4.78 is 1.60. The number of rotatable bonds is 3. The van der Waals surface area contributed by atoms with E-state index in [1.807, 2.05) is 13.2 Å². The summed E-state index contributed by atoms with van der Waals surface area (Å²) in [6, 6.07) is 1.59. The molecule has 66 valence electrons. The van der Waals surface area contributed by atoms with Crippen LogP contribution in [-0.2, 0) is 12.3 Å². The SMILES string of the molecule is CCc1cc(=O)n(CSC)cn1. The van der Waals surface area contributed by atoms with E-state index in [2.05, 4.69) is 4.98 Å². The summed E-state index contributed by atoms with van der Waals surface area (Å²) in [5, 5.41) is 0. The van der Waals surface area contributed by atoms with Gasteiger partial charge in [-0.15, -0.1) is 11.8 Å². The molecule has 0 aliphatic carbocycles. The van der Waals surface area contributed by atoms with Gasteiger partial charge in [0.2, 0.25) is 0 Å². The fourth-order valence-corrected chi connectivity index (χ4v) is 1.36. The Bertz CT molecular complexity index is 308. The Balaban J connectivity index is 2.96. The van der Waals surface area contributed by atoms with Gasteiger partial charge in [-0.1, -0.05) is 6.92 Å². The number of hydrogen-bond donors (Lipinski definition) is 0. The van der Waals surface area contributed by atoms with Crippen molar-refractivity contribution in [2.24, 2.45) is 0 Å². The second-order valence-electron chi connectivity index (χ2n) is 2.46. The molecular formula is C8H12N2OS. The molecule has 1 rings (SSSR count). The first kappa shape index (κ1) is 9.32. The zero-order valence-electron chi connectivity index (χ0n) is 7.28. The zero-order chi connectivity index (χ0) is 8.97. The van der Waals surface area contributed by atoms with Crippen molar-refractivity contribution in [1.29, 1.82) is 0 Å². The van der Waals surface area contributed by atoms with E-state index in [9.17, 15) is 4.79 Å². The third kappa shape index (κ3) is 2.11. The molecule has 1 aromatic rings. The van der Waals surface area contributed by atoms with Crippen LogP contribution in [0.4, 0.5) is 0 Å². The predicted molar refractivity (Wildman–Crippen MR) is 51.4 cm³/mol. The van der Waals surface area contributed by atoms with Crippen LogP contribution in [0.25, 0.3) is 0 Å². The lowest BCUT2D eigenvalue weighted by atomic mass is 10.3. The molecule has 0 radical (unpaired) electrons. The van der Waals surface area contributed by atoms with Gasteiger partial charge in [-0.05, 0) is 12.7 Å². The van der Waals surface area contributed by atoms with Gasteiger partial charge in [0.1, 0.15) is 0 Å². The molecule has 1 aromatic heterocycles. The van der Waals surface area contributed by atoms with Crippen molar-refractivity contribution >= 4 is 11.8 Å². The van der Waals surface area contributed by atoms with Crippen LogP contribution < -0.4 is 5.56 Å². The standard InChI is InChI=1S/C8H12N2OS/c1-3-7-4-8(11)10(5-9-7)6-12-2/h4-5H,3,6H2,1-2H3. The van der Waals surface area contributed by atoms with Crippen LogP contribution in [0.5, 0.6) is 0 Å². The molecule has 0 aliphatic rings. The quantitative estimate of drug-likeness (QED) is 0.706. The minimum atomic E-state index is 0.0381. The highest BCUT2D eigenvalue weighted by molar-refractivity contribution is 7.97. The van der Waals surface area contributed by atoms with Gasteiger partial charge < -0.3 is 0 Å². The highest BCUT2D eigenvalue weighted by Gasteiger charge is 1.96. The van der Waals surface area contributed by atoms with Crippen molar-refractivity contribution in [3.8, 4) is 0 Å². The third-order valence-electron chi connectivity index (χ3n) is 1.57. The summed E-state index contributed by atoms with van der Waals surface area (Å²) in [7, 11) is 0. The predicted octanol–water partition coefficient (Wildman–Crippen LogP) is 1.13. The molecule has 0 unspecified atom stereocenters. The molecule has 1 heterocycles. The maximum Gasteiger partial charge on any atom is 0.254 e. The van der Waals surface area contributed by atoms with Crippen LogP contribution >= 0.6 is 11.8 Å². The normalized spacial score (nSPS) is 10.2. The number of aromatic nitrogens is 2. The van der Waals surface area contributed by atoms with Crippen molar-refractivity contribution in [3.63, 3.8) is 0 Å². The molecule has 0 saturated carbocycles. The molecule has 0 amide bonds. The lowest BCUT2D eigenvalue weighted by Gasteiger charge is -2.02. The van der Waals surface area contributed by atoms with Gasteiger partial charge in [-0.25, -0.2) is 4.98 Å². The number of aryl methyl sites for hydroxylation is 1. The van der Waals surface area contributed by atoms with Gasteiger partial charge >= 0.3 is 0 Å². The molecule has 0 atom stereocenters.